The first-order chi connectivity index (χ1) is 13.5. The first kappa shape index (κ1) is 19.7. The summed E-state index contributed by atoms with van der Waals surface area (Å²) >= 11 is 0. The molecule has 0 aromatic heterocycles. The second-order valence-corrected chi connectivity index (χ2v) is 9.70. The zero-order valence-electron chi connectivity index (χ0n) is 17.7. The molecule has 28 heavy (non-hydrogen) atoms. The summed E-state index contributed by atoms with van der Waals surface area (Å²) in [5.74, 6) is 1.31. The number of hydrogen-bond donors (Lipinski definition) is 2. The van der Waals surface area contributed by atoms with Crippen molar-refractivity contribution >= 4 is 0 Å². The summed E-state index contributed by atoms with van der Waals surface area (Å²) in [5, 5.41) is 7.62. The van der Waals surface area contributed by atoms with Gasteiger partial charge in [0, 0.05) is 31.6 Å². The molecule has 2 aromatic rings. The van der Waals surface area contributed by atoms with Crippen LogP contribution in [0.15, 0.2) is 60.7 Å². The molecule has 2 saturated carbocycles. The van der Waals surface area contributed by atoms with E-state index in [2.05, 4.69) is 92.1 Å². The van der Waals surface area contributed by atoms with E-state index in [4.69, 9.17) is 0 Å². The number of nitrogens with one attached hydrogen (secondary N) is 2. The van der Waals surface area contributed by atoms with Crippen LogP contribution in [-0.2, 0) is 0 Å². The lowest BCUT2D eigenvalue weighted by atomic mass is 9.69. The van der Waals surface area contributed by atoms with E-state index in [9.17, 15) is 0 Å². The molecule has 2 N–H and O–H groups in total. The molecule has 2 heteroatoms. The Morgan fingerprint density at radius 3 is 2.00 bits per heavy atom. The second kappa shape index (κ2) is 8.00. The Morgan fingerprint density at radius 2 is 1.50 bits per heavy atom. The third-order valence-corrected chi connectivity index (χ3v) is 8.24. The number of rotatable bonds is 8. The summed E-state index contributed by atoms with van der Waals surface area (Å²) in [6, 6.07) is 22.4. The van der Waals surface area contributed by atoms with Crippen LogP contribution in [0.3, 0.4) is 0 Å². The van der Waals surface area contributed by atoms with Gasteiger partial charge >= 0.3 is 0 Å². The lowest BCUT2D eigenvalue weighted by Crippen LogP contribution is -2.46. The molecule has 0 saturated heterocycles. The van der Waals surface area contributed by atoms with Crippen LogP contribution in [0.2, 0.25) is 0 Å². The average Bonchev–Trinajstić information content (AvgIpc) is 3.05. The maximum atomic E-state index is 3.90. The second-order valence-electron chi connectivity index (χ2n) is 9.70. The average molecular weight is 377 g/mol. The summed E-state index contributed by atoms with van der Waals surface area (Å²) in [7, 11) is 0. The van der Waals surface area contributed by atoms with Crippen molar-refractivity contribution < 1.29 is 0 Å². The van der Waals surface area contributed by atoms with Gasteiger partial charge in [-0.1, -0.05) is 81.4 Å². The standard InChI is InChI=1S/C26H36N2/c1-25(2)22-14-15-26(25,3)24(18-22)28-17-16-27-19-23(20-10-6-4-7-11-20)21-12-8-5-9-13-21/h4-13,22-24,27-28H,14-19H2,1-3H3. The van der Waals surface area contributed by atoms with Crippen LogP contribution in [0.4, 0.5) is 0 Å². The van der Waals surface area contributed by atoms with E-state index in [0.29, 0.717) is 22.8 Å². The lowest BCUT2D eigenvalue weighted by molar-refractivity contribution is 0.121. The molecule has 3 atom stereocenters. The van der Waals surface area contributed by atoms with Crippen molar-refractivity contribution in [3.8, 4) is 0 Å². The van der Waals surface area contributed by atoms with Crippen LogP contribution in [0.5, 0.6) is 0 Å². The highest BCUT2D eigenvalue weighted by molar-refractivity contribution is 5.32. The van der Waals surface area contributed by atoms with Gasteiger partial charge in [0.25, 0.3) is 0 Å². The molecule has 2 aliphatic rings. The van der Waals surface area contributed by atoms with Gasteiger partial charge in [-0.15, -0.1) is 0 Å². The van der Waals surface area contributed by atoms with Crippen molar-refractivity contribution in [1.82, 2.24) is 10.6 Å². The molecule has 3 unspecified atom stereocenters. The van der Waals surface area contributed by atoms with E-state index in [0.717, 1.165) is 25.6 Å². The molecule has 2 aromatic carbocycles. The van der Waals surface area contributed by atoms with Crippen molar-refractivity contribution in [2.24, 2.45) is 16.7 Å². The molecule has 2 nitrogen and oxygen atoms in total. The SMILES string of the molecule is CC1(C)C2CCC1(C)C(NCCNCC(c1ccccc1)c1ccccc1)C2. The summed E-state index contributed by atoms with van der Waals surface area (Å²) in [5.41, 5.74) is 3.73. The van der Waals surface area contributed by atoms with Gasteiger partial charge in [-0.3, -0.25) is 0 Å². The highest BCUT2D eigenvalue weighted by atomic mass is 15.0. The predicted molar refractivity (Wildman–Crippen MR) is 119 cm³/mol. The number of fused-ring (bicyclic) bond motifs is 2. The minimum Gasteiger partial charge on any atom is -0.315 e. The van der Waals surface area contributed by atoms with Crippen LogP contribution < -0.4 is 10.6 Å². The van der Waals surface area contributed by atoms with Gasteiger partial charge in [0.15, 0.2) is 0 Å². The third kappa shape index (κ3) is 3.53. The topological polar surface area (TPSA) is 24.1 Å². The van der Waals surface area contributed by atoms with Crippen LogP contribution >= 0.6 is 0 Å². The fourth-order valence-electron chi connectivity index (χ4n) is 5.89. The Morgan fingerprint density at radius 1 is 0.893 bits per heavy atom. The van der Waals surface area contributed by atoms with E-state index in [1.165, 1.54) is 30.4 Å². The number of benzene rings is 2. The fourth-order valence-corrected chi connectivity index (χ4v) is 5.89. The molecule has 0 heterocycles. The van der Waals surface area contributed by atoms with Crippen LogP contribution in [0.1, 0.15) is 57.1 Å². The smallest absolute Gasteiger partial charge is 0.0214 e. The molecule has 2 fully saturated rings. The van der Waals surface area contributed by atoms with E-state index in [-0.39, 0.29) is 0 Å². The Labute approximate surface area is 171 Å². The summed E-state index contributed by atoms with van der Waals surface area (Å²) in [6.45, 7) is 10.6. The Bertz CT molecular complexity index is 715. The van der Waals surface area contributed by atoms with E-state index < -0.39 is 0 Å². The van der Waals surface area contributed by atoms with E-state index in [1.807, 2.05) is 0 Å². The highest BCUT2D eigenvalue weighted by Crippen LogP contribution is 2.65. The molecule has 150 valence electrons. The zero-order valence-corrected chi connectivity index (χ0v) is 17.7. The molecule has 2 bridgehead atoms. The van der Waals surface area contributed by atoms with Crippen LogP contribution in [0, 0.1) is 16.7 Å². The van der Waals surface area contributed by atoms with Gasteiger partial charge in [-0.2, -0.15) is 0 Å². The number of hydrogen-bond acceptors (Lipinski definition) is 2. The van der Waals surface area contributed by atoms with Crippen molar-refractivity contribution in [2.75, 3.05) is 19.6 Å². The molecular weight excluding hydrogens is 340 g/mol. The Kier molecular flexibility index (Phi) is 5.62. The fraction of sp³-hybridized carbons (Fsp3) is 0.538. The Balaban J connectivity index is 1.30. The Hall–Kier alpha value is -1.64. The molecular formula is C26H36N2. The largest absolute Gasteiger partial charge is 0.315 e. The van der Waals surface area contributed by atoms with Gasteiger partial charge in [-0.25, -0.2) is 0 Å². The van der Waals surface area contributed by atoms with Crippen molar-refractivity contribution in [2.45, 2.75) is 52.0 Å². The van der Waals surface area contributed by atoms with Gasteiger partial charge in [-0.05, 0) is 47.1 Å². The molecule has 2 aliphatic carbocycles. The predicted octanol–water partition coefficient (Wildman–Crippen LogP) is 5.21. The van der Waals surface area contributed by atoms with Crippen LogP contribution in [0.25, 0.3) is 0 Å². The maximum Gasteiger partial charge on any atom is 0.0214 e. The lowest BCUT2D eigenvalue weighted by Gasteiger charge is -2.39. The maximum absolute atomic E-state index is 3.90. The van der Waals surface area contributed by atoms with Crippen molar-refractivity contribution in [3.05, 3.63) is 71.8 Å². The highest BCUT2D eigenvalue weighted by Gasteiger charge is 2.60. The monoisotopic (exact) mass is 376 g/mol. The summed E-state index contributed by atoms with van der Waals surface area (Å²) < 4.78 is 0. The zero-order chi connectivity index (χ0) is 19.6. The van der Waals surface area contributed by atoms with Gasteiger partial charge in [0.1, 0.15) is 0 Å². The molecule has 4 rings (SSSR count). The summed E-state index contributed by atoms with van der Waals surface area (Å²) in [6.07, 6.45) is 4.18. The molecule has 0 radical (unpaired) electrons. The van der Waals surface area contributed by atoms with Gasteiger partial charge < -0.3 is 10.6 Å². The molecule has 0 aliphatic heterocycles. The third-order valence-electron chi connectivity index (χ3n) is 8.24. The first-order valence-corrected chi connectivity index (χ1v) is 11.1. The van der Waals surface area contributed by atoms with E-state index in [1.54, 1.807) is 0 Å². The normalized spacial score (nSPS) is 28.1. The van der Waals surface area contributed by atoms with E-state index >= 15 is 0 Å². The minimum absolute atomic E-state index is 0.404. The summed E-state index contributed by atoms with van der Waals surface area (Å²) in [4.78, 5) is 0. The quantitative estimate of drug-likeness (QED) is 0.618. The van der Waals surface area contributed by atoms with Crippen LogP contribution in [-0.4, -0.2) is 25.7 Å². The van der Waals surface area contributed by atoms with Crippen molar-refractivity contribution in [3.63, 3.8) is 0 Å². The van der Waals surface area contributed by atoms with Gasteiger partial charge in [0.2, 0.25) is 0 Å². The minimum atomic E-state index is 0.404. The van der Waals surface area contributed by atoms with Gasteiger partial charge in [0.05, 0.1) is 0 Å². The van der Waals surface area contributed by atoms with Crippen molar-refractivity contribution in [1.29, 1.82) is 0 Å². The first-order valence-electron chi connectivity index (χ1n) is 11.1. The molecule has 0 spiro atoms. The molecule has 0 amide bonds.